The molecule has 1 heterocycles. The minimum Gasteiger partial charge on any atom is -0.393 e. The molecule has 1 rings (SSSR count). The molecule has 0 aromatic rings. The quantitative estimate of drug-likeness (QED) is 0.715. The summed E-state index contributed by atoms with van der Waals surface area (Å²) in [7, 11) is 0. The highest BCUT2D eigenvalue weighted by molar-refractivity contribution is 4.79. The highest BCUT2D eigenvalue weighted by Gasteiger charge is 2.23. The van der Waals surface area contributed by atoms with Gasteiger partial charge in [-0.1, -0.05) is 6.92 Å². The van der Waals surface area contributed by atoms with Gasteiger partial charge in [-0.15, -0.1) is 0 Å². The first kappa shape index (κ1) is 14.9. The number of hydrogen-bond donors (Lipinski definition) is 2. The maximum Gasteiger partial charge on any atom is 0.0524 e. The second-order valence-corrected chi connectivity index (χ2v) is 5.56. The number of rotatable bonds is 7. The van der Waals surface area contributed by atoms with Crippen LogP contribution in [0.5, 0.6) is 0 Å². The van der Waals surface area contributed by atoms with E-state index < -0.39 is 0 Å². The third-order valence-corrected chi connectivity index (χ3v) is 3.92. The summed E-state index contributed by atoms with van der Waals surface area (Å²) >= 11 is 0. The van der Waals surface area contributed by atoms with Crippen molar-refractivity contribution < 1.29 is 5.11 Å². The van der Waals surface area contributed by atoms with Gasteiger partial charge in [0.05, 0.1) is 6.10 Å². The van der Waals surface area contributed by atoms with Crippen LogP contribution < -0.4 is 5.32 Å². The molecule has 0 aliphatic carbocycles. The van der Waals surface area contributed by atoms with Gasteiger partial charge in [0, 0.05) is 12.6 Å². The molecule has 2 atom stereocenters. The van der Waals surface area contributed by atoms with Crippen LogP contribution in [0, 0.1) is 5.92 Å². The highest BCUT2D eigenvalue weighted by atomic mass is 16.3. The van der Waals surface area contributed by atoms with Gasteiger partial charge >= 0.3 is 0 Å². The molecule has 1 aliphatic rings. The standard InChI is InChI=1S/C14H30N2O/c1-4-8-15-13(3)14-6-10-16(11-7-14)9-5-12(2)17/h12-15,17H,4-11H2,1-3H3. The Hall–Kier alpha value is -0.120. The minimum absolute atomic E-state index is 0.155. The molecule has 3 heteroatoms. The van der Waals surface area contributed by atoms with Crippen LogP contribution in [0.1, 0.15) is 46.5 Å². The predicted octanol–water partition coefficient (Wildman–Crippen LogP) is 1.86. The van der Waals surface area contributed by atoms with E-state index in [1.165, 1.54) is 32.4 Å². The number of likely N-dealkylation sites (tertiary alicyclic amines) is 1. The van der Waals surface area contributed by atoms with Crippen molar-refractivity contribution in [1.29, 1.82) is 0 Å². The van der Waals surface area contributed by atoms with Gasteiger partial charge in [0.2, 0.25) is 0 Å². The maximum atomic E-state index is 9.28. The lowest BCUT2D eigenvalue weighted by Crippen LogP contribution is -2.42. The van der Waals surface area contributed by atoms with Crippen molar-refractivity contribution in [1.82, 2.24) is 10.2 Å². The van der Waals surface area contributed by atoms with Crippen molar-refractivity contribution in [3.05, 3.63) is 0 Å². The fourth-order valence-electron chi connectivity index (χ4n) is 2.58. The van der Waals surface area contributed by atoms with Crippen LogP contribution in [0.3, 0.4) is 0 Å². The highest BCUT2D eigenvalue weighted by Crippen LogP contribution is 2.20. The molecule has 2 N–H and O–H groups in total. The Morgan fingerprint density at radius 2 is 1.94 bits per heavy atom. The van der Waals surface area contributed by atoms with Gasteiger partial charge in [-0.3, -0.25) is 0 Å². The molecule has 1 fully saturated rings. The molecule has 0 saturated carbocycles. The third-order valence-electron chi connectivity index (χ3n) is 3.92. The van der Waals surface area contributed by atoms with Crippen LogP contribution >= 0.6 is 0 Å². The smallest absolute Gasteiger partial charge is 0.0524 e. The summed E-state index contributed by atoms with van der Waals surface area (Å²) in [5, 5.41) is 12.9. The zero-order valence-electron chi connectivity index (χ0n) is 11.8. The summed E-state index contributed by atoms with van der Waals surface area (Å²) in [4.78, 5) is 2.50. The maximum absolute atomic E-state index is 9.28. The van der Waals surface area contributed by atoms with E-state index in [2.05, 4.69) is 24.1 Å². The van der Waals surface area contributed by atoms with Crippen LogP contribution in [0.2, 0.25) is 0 Å². The van der Waals surface area contributed by atoms with E-state index in [-0.39, 0.29) is 6.10 Å². The van der Waals surface area contributed by atoms with Crippen molar-refractivity contribution in [3.8, 4) is 0 Å². The molecule has 0 amide bonds. The molecule has 2 unspecified atom stereocenters. The van der Waals surface area contributed by atoms with E-state index in [1.54, 1.807) is 0 Å². The van der Waals surface area contributed by atoms with Crippen LogP contribution in [0.25, 0.3) is 0 Å². The van der Waals surface area contributed by atoms with Crippen molar-refractivity contribution in [3.63, 3.8) is 0 Å². The zero-order valence-corrected chi connectivity index (χ0v) is 11.8. The van der Waals surface area contributed by atoms with Gasteiger partial charge in [0.25, 0.3) is 0 Å². The molecular formula is C14H30N2O. The number of hydrogen-bond acceptors (Lipinski definition) is 3. The third kappa shape index (κ3) is 5.84. The van der Waals surface area contributed by atoms with Gasteiger partial charge in [0.1, 0.15) is 0 Å². The second-order valence-electron chi connectivity index (χ2n) is 5.56. The number of nitrogens with one attached hydrogen (secondary N) is 1. The van der Waals surface area contributed by atoms with Crippen LogP contribution in [0.15, 0.2) is 0 Å². The summed E-state index contributed by atoms with van der Waals surface area (Å²) in [6.45, 7) is 11.0. The average Bonchev–Trinajstić information content (AvgIpc) is 2.34. The Labute approximate surface area is 107 Å². The van der Waals surface area contributed by atoms with Crippen molar-refractivity contribution in [2.24, 2.45) is 5.92 Å². The average molecular weight is 242 g/mol. The molecule has 3 nitrogen and oxygen atoms in total. The van der Waals surface area contributed by atoms with Gasteiger partial charge in [-0.25, -0.2) is 0 Å². The van der Waals surface area contributed by atoms with E-state index in [1.807, 2.05) is 6.92 Å². The molecule has 0 bridgehead atoms. The molecule has 0 aromatic heterocycles. The largest absolute Gasteiger partial charge is 0.393 e. The number of nitrogens with zero attached hydrogens (tertiary/aromatic N) is 1. The zero-order chi connectivity index (χ0) is 12.7. The molecular weight excluding hydrogens is 212 g/mol. The van der Waals surface area contributed by atoms with Gasteiger partial charge in [-0.2, -0.15) is 0 Å². The first-order valence-electron chi connectivity index (χ1n) is 7.27. The van der Waals surface area contributed by atoms with Gasteiger partial charge in [-0.05, 0) is 65.1 Å². The molecule has 17 heavy (non-hydrogen) atoms. The van der Waals surface area contributed by atoms with E-state index in [0.717, 1.165) is 25.4 Å². The van der Waals surface area contributed by atoms with E-state index >= 15 is 0 Å². The predicted molar refractivity (Wildman–Crippen MR) is 73.2 cm³/mol. The van der Waals surface area contributed by atoms with Crippen LogP contribution in [0.4, 0.5) is 0 Å². The Kier molecular flexibility index (Phi) is 7.09. The topological polar surface area (TPSA) is 35.5 Å². The lowest BCUT2D eigenvalue weighted by molar-refractivity contribution is 0.125. The summed E-state index contributed by atoms with van der Waals surface area (Å²) in [6, 6.07) is 0.661. The Balaban J connectivity index is 2.16. The Morgan fingerprint density at radius 3 is 2.47 bits per heavy atom. The normalized spacial score (nSPS) is 22.6. The number of aliphatic hydroxyl groups is 1. The summed E-state index contributed by atoms with van der Waals surface area (Å²) in [6.07, 6.45) is 4.58. The minimum atomic E-state index is -0.155. The lowest BCUT2D eigenvalue weighted by Gasteiger charge is -2.35. The molecule has 1 saturated heterocycles. The molecule has 0 radical (unpaired) electrons. The van der Waals surface area contributed by atoms with E-state index in [4.69, 9.17) is 0 Å². The lowest BCUT2D eigenvalue weighted by atomic mass is 9.90. The number of aliphatic hydroxyl groups excluding tert-OH is 1. The second kappa shape index (κ2) is 8.06. The first-order valence-corrected chi connectivity index (χ1v) is 7.27. The summed E-state index contributed by atoms with van der Waals surface area (Å²) in [5.74, 6) is 0.837. The van der Waals surface area contributed by atoms with Gasteiger partial charge in [0.15, 0.2) is 0 Å². The van der Waals surface area contributed by atoms with E-state index in [9.17, 15) is 5.11 Å². The fraction of sp³-hybridized carbons (Fsp3) is 1.00. The van der Waals surface area contributed by atoms with Gasteiger partial charge < -0.3 is 15.3 Å². The summed E-state index contributed by atoms with van der Waals surface area (Å²) < 4.78 is 0. The van der Waals surface area contributed by atoms with Crippen molar-refractivity contribution in [2.75, 3.05) is 26.2 Å². The van der Waals surface area contributed by atoms with Crippen LogP contribution in [-0.2, 0) is 0 Å². The Bertz CT molecular complexity index is 189. The SMILES string of the molecule is CCCNC(C)C1CCN(CCC(C)O)CC1. The molecule has 102 valence electrons. The Morgan fingerprint density at radius 1 is 1.29 bits per heavy atom. The summed E-state index contributed by atoms with van der Waals surface area (Å²) in [5.41, 5.74) is 0. The number of piperidine rings is 1. The van der Waals surface area contributed by atoms with Crippen molar-refractivity contribution >= 4 is 0 Å². The van der Waals surface area contributed by atoms with Crippen molar-refractivity contribution in [2.45, 2.75) is 58.6 Å². The first-order chi connectivity index (χ1) is 8.13. The molecule has 1 aliphatic heterocycles. The fourth-order valence-corrected chi connectivity index (χ4v) is 2.58. The molecule has 0 aromatic carbocycles. The van der Waals surface area contributed by atoms with E-state index in [0.29, 0.717) is 6.04 Å². The monoisotopic (exact) mass is 242 g/mol. The van der Waals surface area contributed by atoms with Crippen LogP contribution in [-0.4, -0.2) is 48.3 Å². The molecule has 0 spiro atoms.